The number of benzene rings is 2. The first-order chi connectivity index (χ1) is 13.4. The van der Waals surface area contributed by atoms with Crippen molar-refractivity contribution >= 4 is 35.3 Å². The zero-order chi connectivity index (χ0) is 20.5. The van der Waals surface area contributed by atoms with Gasteiger partial charge in [-0.15, -0.1) is 0 Å². The van der Waals surface area contributed by atoms with Crippen LogP contribution in [0.4, 0.5) is 0 Å². The monoisotopic (exact) mass is 426 g/mol. The molecule has 0 aromatic heterocycles. The van der Waals surface area contributed by atoms with E-state index >= 15 is 0 Å². The number of carbonyl (C=O) groups is 1. The maximum absolute atomic E-state index is 11.8. The number of nitrogens with one attached hydrogen (secondary N) is 1. The number of ether oxygens (including phenoxy) is 3. The summed E-state index contributed by atoms with van der Waals surface area (Å²) in [6.45, 7) is 0.324. The van der Waals surface area contributed by atoms with E-state index in [2.05, 4.69) is 10.5 Å². The van der Waals surface area contributed by atoms with Gasteiger partial charge in [-0.1, -0.05) is 23.2 Å². The van der Waals surface area contributed by atoms with E-state index in [-0.39, 0.29) is 29.6 Å². The van der Waals surface area contributed by atoms with Gasteiger partial charge in [-0.25, -0.2) is 5.43 Å². The highest BCUT2D eigenvalue weighted by Crippen LogP contribution is 2.36. The Kier molecular flexibility index (Phi) is 8.22. The standard InChI is InChI=1S/C19H20Cl2N2O5/c1-26-16-8-12(9-17(27-2)19(16)25)11-22-23-18(24)4-3-7-28-15-6-5-13(20)10-14(15)21/h5-6,8-11,25H,3-4,7H2,1-2H3,(H,23,24)/b22-11+. The smallest absolute Gasteiger partial charge is 0.240 e. The Labute approximate surface area is 172 Å². The fourth-order valence-corrected chi connectivity index (χ4v) is 2.69. The third-order valence-corrected chi connectivity index (χ3v) is 4.14. The number of hydrogen-bond donors (Lipinski definition) is 2. The molecule has 0 aliphatic carbocycles. The zero-order valence-electron chi connectivity index (χ0n) is 15.4. The molecule has 7 nitrogen and oxygen atoms in total. The topological polar surface area (TPSA) is 89.4 Å². The Bertz CT molecular complexity index is 833. The Balaban J connectivity index is 1.79. The molecular formula is C19H20Cl2N2O5. The number of carbonyl (C=O) groups excluding carboxylic acids is 1. The highest BCUT2D eigenvalue weighted by Gasteiger charge is 2.10. The largest absolute Gasteiger partial charge is 0.502 e. The summed E-state index contributed by atoms with van der Waals surface area (Å²) in [5.74, 6) is 0.627. The summed E-state index contributed by atoms with van der Waals surface area (Å²) in [6, 6.07) is 8.08. The fraction of sp³-hybridized carbons (Fsp3) is 0.263. The van der Waals surface area contributed by atoms with E-state index in [1.54, 1.807) is 30.3 Å². The van der Waals surface area contributed by atoms with Crippen LogP contribution < -0.4 is 19.6 Å². The van der Waals surface area contributed by atoms with Crippen LogP contribution in [-0.4, -0.2) is 38.1 Å². The summed E-state index contributed by atoms with van der Waals surface area (Å²) in [5.41, 5.74) is 3.02. The molecule has 28 heavy (non-hydrogen) atoms. The van der Waals surface area contributed by atoms with Gasteiger partial charge in [0.15, 0.2) is 11.5 Å². The molecule has 1 amide bonds. The Hall–Kier alpha value is -2.64. The first-order valence-electron chi connectivity index (χ1n) is 8.29. The van der Waals surface area contributed by atoms with Crippen molar-refractivity contribution in [2.45, 2.75) is 12.8 Å². The quantitative estimate of drug-likeness (QED) is 0.359. The van der Waals surface area contributed by atoms with Crippen LogP contribution >= 0.6 is 23.2 Å². The van der Waals surface area contributed by atoms with Gasteiger partial charge in [0, 0.05) is 17.0 Å². The molecule has 2 N–H and O–H groups in total. The van der Waals surface area contributed by atoms with Crippen LogP contribution in [0.25, 0.3) is 0 Å². The third kappa shape index (κ3) is 6.21. The molecule has 2 aromatic carbocycles. The average molecular weight is 427 g/mol. The van der Waals surface area contributed by atoms with Crippen LogP contribution in [0.3, 0.4) is 0 Å². The van der Waals surface area contributed by atoms with Crippen molar-refractivity contribution in [2.24, 2.45) is 5.10 Å². The second kappa shape index (κ2) is 10.6. The molecule has 150 valence electrons. The normalized spacial score (nSPS) is 10.7. The van der Waals surface area contributed by atoms with Gasteiger partial charge in [0.25, 0.3) is 0 Å². The van der Waals surface area contributed by atoms with E-state index in [0.29, 0.717) is 34.4 Å². The van der Waals surface area contributed by atoms with Crippen LogP contribution in [0.1, 0.15) is 18.4 Å². The Morgan fingerprint density at radius 2 is 1.82 bits per heavy atom. The molecule has 0 saturated carbocycles. The molecular weight excluding hydrogens is 407 g/mol. The molecule has 9 heteroatoms. The first kappa shape index (κ1) is 21.7. The van der Waals surface area contributed by atoms with Crippen molar-refractivity contribution in [3.63, 3.8) is 0 Å². The van der Waals surface area contributed by atoms with E-state index in [1.165, 1.54) is 20.4 Å². The minimum Gasteiger partial charge on any atom is -0.502 e. The fourth-order valence-electron chi connectivity index (χ4n) is 2.23. The average Bonchev–Trinajstić information content (AvgIpc) is 2.67. The van der Waals surface area contributed by atoms with Gasteiger partial charge in [0.1, 0.15) is 5.75 Å². The Morgan fingerprint density at radius 3 is 2.43 bits per heavy atom. The lowest BCUT2D eigenvalue weighted by Crippen LogP contribution is -2.18. The SMILES string of the molecule is COc1cc(/C=N/NC(=O)CCCOc2ccc(Cl)cc2Cl)cc(OC)c1O. The van der Waals surface area contributed by atoms with E-state index in [0.717, 1.165) is 0 Å². The van der Waals surface area contributed by atoms with Crippen molar-refractivity contribution in [3.8, 4) is 23.0 Å². The van der Waals surface area contributed by atoms with Crippen molar-refractivity contribution in [2.75, 3.05) is 20.8 Å². The number of methoxy groups -OCH3 is 2. The summed E-state index contributed by atoms with van der Waals surface area (Å²) >= 11 is 11.8. The van der Waals surface area contributed by atoms with Gasteiger partial charge in [-0.05, 0) is 36.8 Å². The van der Waals surface area contributed by atoms with Gasteiger partial charge in [0.2, 0.25) is 11.7 Å². The van der Waals surface area contributed by atoms with Crippen molar-refractivity contribution in [1.29, 1.82) is 0 Å². The highest BCUT2D eigenvalue weighted by atomic mass is 35.5. The molecule has 0 bridgehead atoms. The minimum absolute atomic E-state index is 0.105. The van der Waals surface area contributed by atoms with Gasteiger partial charge in [0.05, 0.1) is 32.1 Å². The number of rotatable bonds is 9. The van der Waals surface area contributed by atoms with Gasteiger partial charge in [-0.2, -0.15) is 5.10 Å². The maximum atomic E-state index is 11.8. The van der Waals surface area contributed by atoms with Crippen molar-refractivity contribution in [3.05, 3.63) is 45.9 Å². The molecule has 0 aliphatic heterocycles. The molecule has 0 atom stereocenters. The minimum atomic E-state index is -0.264. The van der Waals surface area contributed by atoms with E-state index < -0.39 is 0 Å². The number of amides is 1. The third-order valence-electron chi connectivity index (χ3n) is 3.60. The van der Waals surface area contributed by atoms with E-state index in [1.807, 2.05) is 0 Å². The van der Waals surface area contributed by atoms with Crippen LogP contribution in [0.2, 0.25) is 10.0 Å². The van der Waals surface area contributed by atoms with Crippen molar-refractivity contribution in [1.82, 2.24) is 5.43 Å². The number of hydrazone groups is 1. The second-order valence-electron chi connectivity index (χ2n) is 5.59. The first-order valence-corrected chi connectivity index (χ1v) is 9.05. The second-order valence-corrected chi connectivity index (χ2v) is 6.44. The molecule has 0 fully saturated rings. The number of nitrogens with zero attached hydrogens (tertiary/aromatic N) is 1. The van der Waals surface area contributed by atoms with Crippen LogP contribution in [0.5, 0.6) is 23.0 Å². The summed E-state index contributed by atoms with van der Waals surface area (Å²) < 4.78 is 15.6. The van der Waals surface area contributed by atoms with E-state index in [4.69, 9.17) is 37.4 Å². The van der Waals surface area contributed by atoms with Crippen LogP contribution in [0, 0.1) is 0 Å². The molecule has 0 saturated heterocycles. The van der Waals surface area contributed by atoms with Gasteiger partial charge >= 0.3 is 0 Å². The molecule has 0 spiro atoms. The van der Waals surface area contributed by atoms with Gasteiger partial charge in [-0.3, -0.25) is 4.79 Å². The zero-order valence-corrected chi connectivity index (χ0v) is 16.9. The predicted octanol–water partition coefficient (Wildman–Crippen LogP) is 4.03. The number of aromatic hydroxyl groups is 1. The molecule has 0 unspecified atom stereocenters. The molecule has 0 aliphatic rings. The lowest BCUT2D eigenvalue weighted by Gasteiger charge is -2.09. The van der Waals surface area contributed by atoms with E-state index in [9.17, 15) is 9.90 Å². The molecule has 2 aromatic rings. The maximum Gasteiger partial charge on any atom is 0.240 e. The molecule has 0 radical (unpaired) electrons. The van der Waals surface area contributed by atoms with Crippen molar-refractivity contribution < 1.29 is 24.1 Å². The summed E-state index contributed by atoms with van der Waals surface area (Å²) in [7, 11) is 2.85. The predicted molar refractivity (Wildman–Crippen MR) is 108 cm³/mol. The number of phenolic OH excluding ortho intramolecular Hbond substituents is 1. The van der Waals surface area contributed by atoms with Crippen LogP contribution in [-0.2, 0) is 4.79 Å². The Morgan fingerprint density at radius 1 is 1.14 bits per heavy atom. The number of phenols is 1. The summed E-state index contributed by atoms with van der Waals surface area (Å²) in [4.78, 5) is 11.8. The number of halogens is 2. The van der Waals surface area contributed by atoms with Crippen LogP contribution in [0.15, 0.2) is 35.4 Å². The molecule has 0 heterocycles. The summed E-state index contributed by atoms with van der Waals surface area (Å²) in [5, 5.41) is 14.7. The van der Waals surface area contributed by atoms with Gasteiger partial charge < -0.3 is 19.3 Å². The highest BCUT2D eigenvalue weighted by molar-refractivity contribution is 6.35. The lowest BCUT2D eigenvalue weighted by atomic mass is 10.2. The molecule has 2 rings (SSSR count). The summed E-state index contributed by atoms with van der Waals surface area (Å²) in [6.07, 6.45) is 2.14. The number of hydrogen-bond acceptors (Lipinski definition) is 6. The lowest BCUT2D eigenvalue weighted by molar-refractivity contribution is -0.121.